The van der Waals surface area contributed by atoms with Gasteiger partial charge in [-0.1, -0.05) is 0 Å². The molecule has 0 unspecified atom stereocenters. The maximum Gasteiger partial charge on any atom is 0.319 e. The summed E-state index contributed by atoms with van der Waals surface area (Å²) >= 11 is 0. The largest absolute Gasteiger partial charge is 0.370 e. The highest BCUT2D eigenvalue weighted by atomic mass is 19.2. The quantitative estimate of drug-likeness (QED) is 0.688. The van der Waals surface area contributed by atoms with Crippen molar-refractivity contribution in [3.63, 3.8) is 0 Å². The molecule has 3 rings (SSSR count). The predicted octanol–water partition coefficient (Wildman–Crippen LogP) is 2.59. The number of urea groups is 1. The Morgan fingerprint density at radius 2 is 1.92 bits per heavy atom. The molecule has 1 aromatic heterocycles. The molecule has 2 aromatic rings. The maximum atomic E-state index is 13.1. The topological polar surface area (TPSA) is 82.2 Å². The second-order valence-corrected chi connectivity index (χ2v) is 5.93. The normalized spacial score (nSPS) is 13.5. The number of nitrogens with zero attached hydrogens (tertiary/aromatic N) is 3. The highest BCUT2D eigenvalue weighted by Gasteiger charge is 2.13. The van der Waals surface area contributed by atoms with Crippen LogP contribution in [-0.2, 0) is 0 Å². The molecule has 138 valence electrons. The third-order valence-corrected chi connectivity index (χ3v) is 4.01. The smallest absolute Gasteiger partial charge is 0.319 e. The Bertz CT molecular complexity index is 767. The Balaban J connectivity index is 1.41. The molecule has 0 atom stereocenters. The zero-order chi connectivity index (χ0) is 18.4. The number of anilines is 3. The SMILES string of the molecule is O=C(NCCNc1cc(N2CCCC2)cnn1)Nc1ccc(F)c(F)c1. The molecule has 26 heavy (non-hydrogen) atoms. The van der Waals surface area contributed by atoms with E-state index in [1.807, 2.05) is 6.07 Å². The van der Waals surface area contributed by atoms with E-state index in [4.69, 9.17) is 0 Å². The molecule has 0 saturated carbocycles. The van der Waals surface area contributed by atoms with Crippen LogP contribution in [0.4, 0.5) is 30.8 Å². The van der Waals surface area contributed by atoms with Crippen LogP contribution in [0.3, 0.4) is 0 Å². The Morgan fingerprint density at radius 1 is 1.12 bits per heavy atom. The molecule has 0 spiro atoms. The summed E-state index contributed by atoms with van der Waals surface area (Å²) in [7, 11) is 0. The first-order chi connectivity index (χ1) is 12.6. The van der Waals surface area contributed by atoms with Gasteiger partial charge in [-0.2, -0.15) is 5.10 Å². The van der Waals surface area contributed by atoms with Gasteiger partial charge in [-0.05, 0) is 25.0 Å². The standard InChI is InChI=1S/C17H20F2N6O/c18-14-4-3-12(9-15(14)19)23-17(26)21-6-5-20-16-10-13(11-22-24-16)25-7-1-2-8-25/h3-4,9-11H,1-2,5-8H2,(H,20,24)(H2,21,23,26). The van der Waals surface area contributed by atoms with E-state index in [0.29, 0.717) is 18.9 Å². The molecule has 0 aliphatic carbocycles. The fourth-order valence-electron chi connectivity index (χ4n) is 2.71. The summed E-state index contributed by atoms with van der Waals surface area (Å²) < 4.78 is 25.9. The van der Waals surface area contributed by atoms with Crippen LogP contribution in [0.1, 0.15) is 12.8 Å². The van der Waals surface area contributed by atoms with Gasteiger partial charge in [0.1, 0.15) is 0 Å². The number of benzene rings is 1. The number of nitrogens with one attached hydrogen (secondary N) is 3. The van der Waals surface area contributed by atoms with Crippen LogP contribution in [0.2, 0.25) is 0 Å². The molecule has 1 saturated heterocycles. The lowest BCUT2D eigenvalue weighted by Crippen LogP contribution is -2.32. The third-order valence-electron chi connectivity index (χ3n) is 4.01. The van der Waals surface area contributed by atoms with Gasteiger partial charge in [0.05, 0.1) is 11.9 Å². The van der Waals surface area contributed by atoms with Crippen molar-refractivity contribution in [1.82, 2.24) is 15.5 Å². The Hall–Kier alpha value is -2.97. The highest BCUT2D eigenvalue weighted by molar-refractivity contribution is 5.89. The number of hydrogen-bond donors (Lipinski definition) is 3. The molecule has 2 amide bonds. The number of halogens is 2. The van der Waals surface area contributed by atoms with Crippen molar-refractivity contribution in [3.8, 4) is 0 Å². The molecular weight excluding hydrogens is 342 g/mol. The Labute approximate surface area is 149 Å². The molecule has 0 radical (unpaired) electrons. The van der Waals surface area contributed by atoms with E-state index in [9.17, 15) is 13.6 Å². The van der Waals surface area contributed by atoms with E-state index in [1.54, 1.807) is 6.20 Å². The monoisotopic (exact) mass is 362 g/mol. The fraction of sp³-hybridized carbons (Fsp3) is 0.353. The second kappa shape index (κ2) is 8.41. The third kappa shape index (κ3) is 4.78. The second-order valence-electron chi connectivity index (χ2n) is 5.93. The van der Waals surface area contributed by atoms with Crippen LogP contribution < -0.4 is 20.9 Å². The molecular formula is C17H20F2N6O. The van der Waals surface area contributed by atoms with E-state index in [1.165, 1.54) is 18.9 Å². The van der Waals surface area contributed by atoms with Gasteiger partial charge >= 0.3 is 6.03 Å². The van der Waals surface area contributed by atoms with Crippen LogP contribution in [0, 0.1) is 11.6 Å². The van der Waals surface area contributed by atoms with Gasteiger partial charge in [-0.3, -0.25) is 0 Å². The zero-order valence-corrected chi connectivity index (χ0v) is 14.1. The molecule has 2 heterocycles. The van der Waals surface area contributed by atoms with Crippen LogP contribution in [0.25, 0.3) is 0 Å². The van der Waals surface area contributed by atoms with Gasteiger partial charge in [0.15, 0.2) is 17.5 Å². The number of carbonyl (C=O) groups is 1. The van der Waals surface area contributed by atoms with E-state index < -0.39 is 17.7 Å². The summed E-state index contributed by atoms with van der Waals surface area (Å²) in [5, 5.41) is 16.2. The molecule has 1 fully saturated rings. The number of carbonyl (C=O) groups excluding carboxylic acids is 1. The fourth-order valence-corrected chi connectivity index (χ4v) is 2.71. The van der Waals surface area contributed by atoms with Crippen LogP contribution in [0.15, 0.2) is 30.5 Å². The molecule has 7 nitrogen and oxygen atoms in total. The van der Waals surface area contributed by atoms with E-state index in [2.05, 4.69) is 31.0 Å². The van der Waals surface area contributed by atoms with Crippen molar-refractivity contribution >= 4 is 23.2 Å². The lowest BCUT2D eigenvalue weighted by atomic mass is 10.3. The summed E-state index contributed by atoms with van der Waals surface area (Å²) in [6.45, 7) is 2.82. The summed E-state index contributed by atoms with van der Waals surface area (Å²) in [6, 6.07) is 4.59. The van der Waals surface area contributed by atoms with Crippen molar-refractivity contribution in [2.45, 2.75) is 12.8 Å². The summed E-state index contributed by atoms with van der Waals surface area (Å²) in [4.78, 5) is 14.0. The Kier molecular flexibility index (Phi) is 5.77. The zero-order valence-electron chi connectivity index (χ0n) is 14.1. The minimum absolute atomic E-state index is 0.179. The molecule has 1 aromatic carbocycles. The molecule has 9 heteroatoms. The van der Waals surface area contributed by atoms with E-state index in [0.717, 1.165) is 30.9 Å². The van der Waals surface area contributed by atoms with Crippen molar-refractivity contribution in [2.75, 3.05) is 41.7 Å². The van der Waals surface area contributed by atoms with Gasteiger partial charge in [-0.15, -0.1) is 5.10 Å². The summed E-state index contributed by atoms with van der Waals surface area (Å²) in [5.74, 6) is -1.34. The lowest BCUT2D eigenvalue weighted by Gasteiger charge is -2.17. The van der Waals surface area contributed by atoms with Crippen molar-refractivity contribution < 1.29 is 13.6 Å². The van der Waals surface area contributed by atoms with Gasteiger partial charge in [0.25, 0.3) is 0 Å². The van der Waals surface area contributed by atoms with Gasteiger partial charge in [0.2, 0.25) is 0 Å². The highest BCUT2D eigenvalue weighted by Crippen LogP contribution is 2.20. The van der Waals surface area contributed by atoms with E-state index in [-0.39, 0.29) is 5.69 Å². The average molecular weight is 362 g/mol. The first-order valence-electron chi connectivity index (χ1n) is 8.43. The maximum absolute atomic E-state index is 13.1. The Morgan fingerprint density at radius 3 is 2.69 bits per heavy atom. The first kappa shape index (κ1) is 17.8. The summed E-state index contributed by atoms with van der Waals surface area (Å²) in [6.07, 6.45) is 4.11. The number of hydrogen-bond acceptors (Lipinski definition) is 5. The van der Waals surface area contributed by atoms with Crippen molar-refractivity contribution in [2.24, 2.45) is 0 Å². The van der Waals surface area contributed by atoms with Gasteiger partial charge in [-0.25, -0.2) is 13.6 Å². The van der Waals surface area contributed by atoms with Crippen molar-refractivity contribution in [3.05, 3.63) is 42.1 Å². The van der Waals surface area contributed by atoms with Crippen molar-refractivity contribution in [1.29, 1.82) is 0 Å². The number of rotatable bonds is 6. The van der Waals surface area contributed by atoms with E-state index >= 15 is 0 Å². The number of amides is 2. The minimum Gasteiger partial charge on any atom is -0.370 e. The predicted molar refractivity (Wildman–Crippen MR) is 95.3 cm³/mol. The average Bonchev–Trinajstić information content (AvgIpc) is 3.17. The van der Waals surface area contributed by atoms with Gasteiger partial charge < -0.3 is 20.9 Å². The molecule has 0 bridgehead atoms. The lowest BCUT2D eigenvalue weighted by molar-refractivity contribution is 0.252. The molecule has 1 aliphatic rings. The van der Waals surface area contributed by atoms with Crippen LogP contribution >= 0.6 is 0 Å². The molecule has 1 aliphatic heterocycles. The summed E-state index contributed by atoms with van der Waals surface area (Å²) in [5.41, 5.74) is 1.21. The first-order valence-corrected chi connectivity index (χ1v) is 8.43. The van der Waals surface area contributed by atoms with Crippen LogP contribution in [-0.4, -0.2) is 42.4 Å². The van der Waals surface area contributed by atoms with Crippen LogP contribution in [0.5, 0.6) is 0 Å². The molecule has 3 N–H and O–H groups in total. The minimum atomic E-state index is -1.01. The van der Waals surface area contributed by atoms with Gasteiger partial charge in [0, 0.05) is 44.0 Å². The number of aromatic nitrogens is 2.